The fraction of sp³-hybridized carbons (Fsp3) is 0.765. The van der Waals surface area contributed by atoms with Crippen LogP contribution < -0.4 is 5.32 Å². The van der Waals surface area contributed by atoms with E-state index in [1.807, 2.05) is 11.3 Å². The Bertz CT molecular complexity index is 413. The zero-order valence-corrected chi connectivity index (χ0v) is 14.5. The van der Waals surface area contributed by atoms with E-state index in [-0.39, 0.29) is 11.0 Å². The molecule has 114 valence electrons. The number of rotatable bonds is 5. The summed E-state index contributed by atoms with van der Waals surface area (Å²) in [5.41, 5.74) is 0.519. The molecule has 0 aliphatic carbocycles. The Balaban J connectivity index is 2.12. The van der Waals surface area contributed by atoms with Crippen LogP contribution in [-0.2, 0) is 5.41 Å². The minimum absolute atomic E-state index is 0.244. The van der Waals surface area contributed by atoms with Crippen LogP contribution in [0.2, 0.25) is 0 Å². The average Bonchev–Trinajstić information content (AvgIpc) is 2.93. The van der Waals surface area contributed by atoms with Crippen molar-refractivity contribution in [1.29, 1.82) is 0 Å². The zero-order chi connectivity index (χ0) is 14.8. The van der Waals surface area contributed by atoms with Crippen molar-refractivity contribution in [3.63, 3.8) is 0 Å². The smallest absolute Gasteiger partial charge is 0.0278 e. The molecule has 1 aliphatic rings. The second-order valence-corrected chi connectivity index (χ2v) is 8.07. The van der Waals surface area contributed by atoms with E-state index in [1.165, 1.54) is 17.7 Å². The molecule has 0 spiro atoms. The van der Waals surface area contributed by atoms with Crippen molar-refractivity contribution in [2.45, 2.75) is 64.5 Å². The molecule has 0 radical (unpaired) electrons. The summed E-state index contributed by atoms with van der Waals surface area (Å²) in [4.78, 5) is 4.23. The maximum atomic E-state index is 3.76. The van der Waals surface area contributed by atoms with Crippen LogP contribution in [0, 0.1) is 0 Å². The summed E-state index contributed by atoms with van der Waals surface area (Å²) >= 11 is 1.89. The van der Waals surface area contributed by atoms with Gasteiger partial charge in [0.2, 0.25) is 0 Å². The molecule has 0 saturated carbocycles. The molecule has 3 heteroatoms. The topological polar surface area (TPSA) is 15.3 Å². The lowest BCUT2D eigenvalue weighted by Gasteiger charge is -2.48. The second kappa shape index (κ2) is 6.17. The van der Waals surface area contributed by atoms with Gasteiger partial charge < -0.3 is 5.32 Å². The molecule has 1 aliphatic heterocycles. The summed E-state index contributed by atoms with van der Waals surface area (Å²) in [5, 5.41) is 5.95. The SMILES string of the molecule is CCC1CNC(C)(CC)CN1CC(C)(C)c1cccs1. The highest BCUT2D eigenvalue weighted by molar-refractivity contribution is 7.10. The van der Waals surface area contributed by atoms with Crippen molar-refractivity contribution in [1.82, 2.24) is 10.2 Å². The molecular formula is C17H30N2S. The Labute approximate surface area is 128 Å². The van der Waals surface area contributed by atoms with Crippen molar-refractivity contribution in [2.75, 3.05) is 19.6 Å². The molecule has 0 amide bonds. The third-order valence-corrected chi connectivity index (χ3v) is 6.11. The monoisotopic (exact) mass is 294 g/mol. The van der Waals surface area contributed by atoms with Crippen LogP contribution in [0.25, 0.3) is 0 Å². The van der Waals surface area contributed by atoms with Crippen LogP contribution in [0.15, 0.2) is 17.5 Å². The highest BCUT2D eigenvalue weighted by atomic mass is 32.1. The van der Waals surface area contributed by atoms with Gasteiger partial charge in [-0.15, -0.1) is 11.3 Å². The predicted octanol–water partition coefficient (Wildman–Crippen LogP) is 3.88. The van der Waals surface area contributed by atoms with Gasteiger partial charge in [0.05, 0.1) is 0 Å². The highest BCUT2D eigenvalue weighted by Crippen LogP contribution is 2.31. The summed E-state index contributed by atoms with van der Waals surface area (Å²) in [6, 6.07) is 5.13. The molecule has 2 nitrogen and oxygen atoms in total. The third-order valence-electron chi connectivity index (χ3n) is 4.87. The molecule has 2 atom stereocenters. The number of nitrogens with zero attached hydrogens (tertiary/aromatic N) is 1. The first-order valence-electron chi connectivity index (χ1n) is 7.93. The molecule has 2 rings (SSSR count). The van der Waals surface area contributed by atoms with Crippen LogP contribution in [0.3, 0.4) is 0 Å². The fourth-order valence-electron chi connectivity index (χ4n) is 3.20. The van der Waals surface area contributed by atoms with Gasteiger partial charge in [-0.1, -0.05) is 33.8 Å². The van der Waals surface area contributed by atoms with Gasteiger partial charge in [-0.25, -0.2) is 0 Å². The first-order chi connectivity index (χ1) is 9.40. The summed E-state index contributed by atoms with van der Waals surface area (Å²) < 4.78 is 0. The van der Waals surface area contributed by atoms with Crippen molar-refractivity contribution in [2.24, 2.45) is 0 Å². The van der Waals surface area contributed by atoms with Crippen LogP contribution in [0.1, 0.15) is 52.3 Å². The first-order valence-corrected chi connectivity index (χ1v) is 8.81. The normalized spacial score (nSPS) is 28.8. The summed E-state index contributed by atoms with van der Waals surface area (Å²) in [6.45, 7) is 15.2. The Hall–Kier alpha value is -0.380. The number of hydrogen-bond donors (Lipinski definition) is 1. The molecule has 1 aromatic heterocycles. The number of thiophene rings is 1. The predicted molar refractivity (Wildman–Crippen MR) is 89.7 cm³/mol. The lowest BCUT2D eigenvalue weighted by molar-refractivity contribution is 0.0657. The van der Waals surface area contributed by atoms with Gasteiger partial charge in [-0.3, -0.25) is 4.90 Å². The Morgan fingerprint density at radius 2 is 2.20 bits per heavy atom. The molecule has 1 aromatic rings. The van der Waals surface area contributed by atoms with E-state index in [4.69, 9.17) is 0 Å². The van der Waals surface area contributed by atoms with E-state index >= 15 is 0 Å². The molecule has 2 heterocycles. The van der Waals surface area contributed by atoms with Gasteiger partial charge in [0.1, 0.15) is 0 Å². The fourth-order valence-corrected chi connectivity index (χ4v) is 4.04. The lowest BCUT2D eigenvalue weighted by atomic mass is 9.86. The van der Waals surface area contributed by atoms with Gasteiger partial charge in [0.25, 0.3) is 0 Å². The summed E-state index contributed by atoms with van der Waals surface area (Å²) in [6.07, 6.45) is 2.42. The van der Waals surface area contributed by atoms with E-state index in [0.29, 0.717) is 6.04 Å². The van der Waals surface area contributed by atoms with Crippen LogP contribution in [0.5, 0.6) is 0 Å². The van der Waals surface area contributed by atoms with E-state index in [1.54, 1.807) is 0 Å². The first kappa shape index (κ1) is 16.0. The van der Waals surface area contributed by atoms with Crippen LogP contribution >= 0.6 is 11.3 Å². The molecule has 20 heavy (non-hydrogen) atoms. The van der Waals surface area contributed by atoms with E-state index in [2.05, 4.69) is 62.3 Å². The van der Waals surface area contributed by atoms with Crippen molar-refractivity contribution >= 4 is 11.3 Å². The van der Waals surface area contributed by atoms with Gasteiger partial charge in [0.15, 0.2) is 0 Å². The maximum absolute atomic E-state index is 3.76. The number of hydrogen-bond acceptors (Lipinski definition) is 3. The molecule has 1 saturated heterocycles. The Morgan fingerprint density at radius 1 is 1.45 bits per heavy atom. The minimum atomic E-state index is 0.244. The summed E-state index contributed by atoms with van der Waals surface area (Å²) in [5.74, 6) is 0. The minimum Gasteiger partial charge on any atom is -0.309 e. The lowest BCUT2D eigenvalue weighted by Crippen LogP contribution is -2.63. The van der Waals surface area contributed by atoms with Crippen LogP contribution in [0.4, 0.5) is 0 Å². The number of nitrogens with one attached hydrogen (secondary N) is 1. The Morgan fingerprint density at radius 3 is 2.75 bits per heavy atom. The zero-order valence-electron chi connectivity index (χ0n) is 13.7. The highest BCUT2D eigenvalue weighted by Gasteiger charge is 2.36. The molecule has 0 bridgehead atoms. The van der Waals surface area contributed by atoms with E-state index in [0.717, 1.165) is 19.6 Å². The van der Waals surface area contributed by atoms with E-state index < -0.39 is 0 Å². The average molecular weight is 295 g/mol. The summed E-state index contributed by atoms with van der Waals surface area (Å²) in [7, 11) is 0. The van der Waals surface area contributed by atoms with Gasteiger partial charge in [-0.2, -0.15) is 0 Å². The third kappa shape index (κ3) is 3.44. The van der Waals surface area contributed by atoms with Crippen molar-refractivity contribution in [3.8, 4) is 0 Å². The standard InChI is InChI=1S/C17H30N2S/c1-6-14-11-18-17(5,7-2)13-19(14)12-16(3,4)15-9-8-10-20-15/h8-10,14,18H,6-7,11-13H2,1-5H3. The van der Waals surface area contributed by atoms with Gasteiger partial charge in [-0.05, 0) is 31.2 Å². The molecule has 1 fully saturated rings. The van der Waals surface area contributed by atoms with Crippen molar-refractivity contribution in [3.05, 3.63) is 22.4 Å². The molecule has 0 aromatic carbocycles. The quantitative estimate of drug-likeness (QED) is 0.886. The largest absolute Gasteiger partial charge is 0.309 e. The number of piperazine rings is 1. The van der Waals surface area contributed by atoms with Gasteiger partial charge in [0, 0.05) is 41.5 Å². The second-order valence-electron chi connectivity index (χ2n) is 7.12. The maximum Gasteiger partial charge on any atom is 0.0278 e. The molecule has 1 N–H and O–H groups in total. The van der Waals surface area contributed by atoms with E-state index in [9.17, 15) is 0 Å². The Kier molecular flexibility index (Phi) is 4.93. The van der Waals surface area contributed by atoms with Crippen LogP contribution in [-0.4, -0.2) is 36.1 Å². The van der Waals surface area contributed by atoms with Crippen molar-refractivity contribution < 1.29 is 0 Å². The molecule has 2 unspecified atom stereocenters. The molecular weight excluding hydrogens is 264 g/mol. The van der Waals surface area contributed by atoms with Gasteiger partial charge >= 0.3 is 0 Å².